The smallest absolute Gasteiger partial charge is 0.215 e. The first-order valence-corrected chi connectivity index (χ1v) is 6.68. The minimum absolute atomic E-state index is 0.640. The standard InChI is InChI=1S/C14H20N4O/c1-2-19-14-7-5-6-13(17-14)16-8-3-4-10-18-11-9-15-12-18/h5-7,9,11-12H,2-4,8,10H2,1H3,(H,16,17). The predicted octanol–water partition coefficient (Wildman–Crippen LogP) is 2.57. The van der Waals surface area contributed by atoms with Crippen LogP contribution in [0, 0.1) is 0 Å². The maximum atomic E-state index is 5.36. The second-order valence-electron chi connectivity index (χ2n) is 4.23. The molecule has 0 aliphatic heterocycles. The van der Waals surface area contributed by atoms with Crippen molar-refractivity contribution >= 4 is 5.82 Å². The van der Waals surface area contributed by atoms with E-state index in [-0.39, 0.29) is 0 Å². The quantitative estimate of drug-likeness (QED) is 0.741. The molecule has 0 amide bonds. The molecule has 0 radical (unpaired) electrons. The number of rotatable bonds is 8. The van der Waals surface area contributed by atoms with Crippen molar-refractivity contribution in [3.63, 3.8) is 0 Å². The third-order valence-electron chi connectivity index (χ3n) is 2.72. The molecule has 0 saturated carbocycles. The number of unbranched alkanes of at least 4 members (excludes halogenated alkanes) is 1. The average Bonchev–Trinajstić information content (AvgIpc) is 2.92. The summed E-state index contributed by atoms with van der Waals surface area (Å²) in [4.78, 5) is 8.38. The Balaban J connectivity index is 1.66. The highest BCUT2D eigenvalue weighted by Crippen LogP contribution is 2.11. The first-order valence-electron chi connectivity index (χ1n) is 6.68. The van der Waals surface area contributed by atoms with E-state index in [1.807, 2.05) is 37.6 Å². The van der Waals surface area contributed by atoms with Gasteiger partial charge in [0.25, 0.3) is 0 Å². The van der Waals surface area contributed by atoms with Crippen molar-refractivity contribution in [2.75, 3.05) is 18.5 Å². The normalized spacial score (nSPS) is 10.4. The van der Waals surface area contributed by atoms with Crippen LogP contribution in [0.1, 0.15) is 19.8 Å². The first-order chi connectivity index (χ1) is 9.38. The van der Waals surface area contributed by atoms with Crippen LogP contribution in [0.25, 0.3) is 0 Å². The van der Waals surface area contributed by atoms with Crippen molar-refractivity contribution < 1.29 is 4.74 Å². The van der Waals surface area contributed by atoms with Gasteiger partial charge in [-0.25, -0.2) is 4.98 Å². The molecule has 102 valence electrons. The van der Waals surface area contributed by atoms with Crippen molar-refractivity contribution in [1.82, 2.24) is 14.5 Å². The molecule has 0 bridgehead atoms. The van der Waals surface area contributed by atoms with Crippen LogP contribution in [-0.2, 0) is 6.54 Å². The Morgan fingerprint density at radius 1 is 1.32 bits per heavy atom. The SMILES string of the molecule is CCOc1cccc(NCCCCn2ccnc2)n1. The van der Waals surface area contributed by atoms with Gasteiger partial charge in [-0.05, 0) is 25.8 Å². The van der Waals surface area contributed by atoms with Crippen molar-refractivity contribution in [3.05, 3.63) is 36.9 Å². The van der Waals surface area contributed by atoms with Crippen LogP contribution in [0.15, 0.2) is 36.9 Å². The lowest BCUT2D eigenvalue weighted by Gasteiger charge is -2.07. The summed E-state index contributed by atoms with van der Waals surface area (Å²) in [6.07, 6.45) is 7.86. The average molecular weight is 260 g/mol. The molecule has 0 atom stereocenters. The number of hydrogen-bond donors (Lipinski definition) is 1. The van der Waals surface area contributed by atoms with Gasteiger partial charge in [0.1, 0.15) is 5.82 Å². The van der Waals surface area contributed by atoms with Gasteiger partial charge in [-0.15, -0.1) is 0 Å². The number of aromatic nitrogens is 3. The fourth-order valence-electron chi connectivity index (χ4n) is 1.80. The Kier molecular flexibility index (Phi) is 5.22. The van der Waals surface area contributed by atoms with Crippen LogP contribution in [-0.4, -0.2) is 27.7 Å². The summed E-state index contributed by atoms with van der Waals surface area (Å²) in [5.74, 6) is 1.54. The first kappa shape index (κ1) is 13.4. The van der Waals surface area contributed by atoms with Gasteiger partial charge < -0.3 is 14.6 Å². The molecule has 2 heterocycles. The van der Waals surface area contributed by atoms with E-state index in [9.17, 15) is 0 Å². The van der Waals surface area contributed by atoms with Gasteiger partial charge in [0.05, 0.1) is 12.9 Å². The zero-order valence-electron chi connectivity index (χ0n) is 11.2. The van der Waals surface area contributed by atoms with Crippen LogP contribution >= 0.6 is 0 Å². The molecule has 2 aromatic heterocycles. The number of hydrogen-bond acceptors (Lipinski definition) is 4. The largest absolute Gasteiger partial charge is 0.478 e. The van der Waals surface area contributed by atoms with Gasteiger partial charge in [-0.2, -0.15) is 4.98 Å². The van der Waals surface area contributed by atoms with Gasteiger partial charge >= 0.3 is 0 Å². The van der Waals surface area contributed by atoms with Crippen molar-refractivity contribution in [3.8, 4) is 5.88 Å². The number of nitrogens with one attached hydrogen (secondary N) is 1. The highest BCUT2D eigenvalue weighted by Gasteiger charge is 1.97. The molecule has 0 aromatic carbocycles. The molecule has 0 unspecified atom stereocenters. The molecule has 1 N–H and O–H groups in total. The third kappa shape index (κ3) is 4.62. The summed E-state index contributed by atoms with van der Waals surface area (Å²) in [7, 11) is 0. The van der Waals surface area contributed by atoms with Crippen LogP contribution in [0.2, 0.25) is 0 Å². The predicted molar refractivity (Wildman–Crippen MR) is 75.4 cm³/mol. The number of pyridine rings is 1. The van der Waals surface area contributed by atoms with Crippen molar-refractivity contribution in [2.24, 2.45) is 0 Å². The topological polar surface area (TPSA) is 52.0 Å². The molecule has 2 aromatic rings. The number of ether oxygens (including phenoxy) is 1. The Hall–Kier alpha value is -2.04. The van der Waals surface area contributed by atoms with Crippen LogP contribution < -0.4 is 10.1 Å². The lowest BCUT2D eigenvalue weighted by Crippen LogP contribution is -2.05. The number of aryl methyl sites for hydroxylation is 1. The highest BCUT2D eigenvalue weighted by atomic mass is 16.5. The molecule has 5 nitrogen and oxygen atoms in total. The second kappa shape index (κ2) is 7.41. The lowest BCUT2D eigenvalue weighted by molar-refractivity contribution is 0.327. The van der Waals surface area contributed by atoms with E-state index >= 15 is 0 Å². The minimum atomic E-state index is 0.640. The van der Waals surface area contributed by atoms with Gasteiger partial charge in [0.15, 0.2) is 0 Å². The fraction of sp³-hybridized carbons (Fsp3) is 0.429. The summed E-state index contributed by atoms with van der Waals surface area (Å²) in [6.45, 7) is 4.52. The van der Waals surface area contributed by atoms with E-state index in [4.69, 9.17) is 4.74 Å². The number of nitrogens with zero attached hydrogens (tertiary/aromatic N) is 3. The maximum Gasteiger partial charge on any atom is 0.215 e. The third-order valence-corrected chi connectivity index (χ3v) is 2.72. The van der Waals surface area contributed by atoms with Crippen LogP contribution in [0.3, 0.4) is 0 Å². The lowest BCUT2D eigenvalue weighted by atomic mass is 10.3. The highest BCUT2D eigenvalue weighted by molar-refractivity contribution is 5.36. The summed E-state index contributed by atoms with van der Waals surface area (Å²) >= 11 is 0. The minimum Gasteiger partial charge on any atom is -0.478 e. The van der Waals surface area contributed by atoms with E-state index in [0.717, 1.165) is 31.7 Å². The Morgan fingerprint density at radius 3 is 3.05 bits per heavy atom. The Morgan fingerprint density at radius 2 is 2.26 bits per heavy atom. The summed E-state index contributed by atoms with van der Waals surface area (Å²) in [5.41, 5.74) is 0. The molecule has 0 aliphatic rings. The van der Waals surface area contributed by atoms with Gasteiger partial charge in [-0.1, -0.05) is 6.07 Å². The number of anilines is 1. The van der Waals surface area contributed by atoms with Gasteiger partial charge in [0, 0.05) is 31.5 Å². The Bertz CT molecular complexity index is 470. The van der Waals surface area contributed by atoms with Crippen LogP contribution in [0.5, 0.6) is 5.88 Å². The van der Waals surface area contributed by atoms with E-state index in [1.165, 1.54) is 0 Å². The molecular weight excluding hydrogens is 240 g/mol. The molecule has 0 fully saturated rings. The van der Waals surface area contributed by atoms with E-state index < -0.39 is 0 Å². The number of imidazole rings is 1. The van der Waals surface area contributed by atoms with Gasteiger partial charge in [0.2, 0.25) is 5.88 Å². The zero-order chi connectivity index (χ0) is 13.3. The molecule has 0 spiro atoms. The monoisotopic (exact) mass is 260 g/mol. The molecule has 19 heavy (non-hydrogen) atoms. The van der Waals surface area contributed by atoms with E-state index in [1.54, 1.807) is 6.20 Å². The summed E-state index contributed by atoms with van der Waals surface area (Å²) < 4.78 is 7.45. The molecule has 0 aliphatic carbocycles. The van der Waals surface area contributed by atoms with E-state index in [0.29, 0.717) is 12.5 Å². The molecular formula is C14H20N4O. The fourth-order valence-corrected chi connectivity index (χ4v) is 1.80. The Labute approximate surface area is 113 Å². The van der Waals surface area contributed by atoms with Crippen LogP contribution in [0.4, 0.5) is 5.82 Å². The van der Waals surface area contributed by atoms with E-state index in [2.05, 4.69) is 19.9 Å². The summed E-state index contributed by atoms with van der Waals surface area (Å²) in [5, 5.41) is 3.31. The zero-order valence-corrected chi connectivity index (χ0v) is 11.2. The molecule has 5 heteroatoms. The van der Waals surface area contributed by atoms with Crippen molar-refractivity contribution in [2.45, 2.75) is 26.3 Å². The van der Waals surface area contributed by atoms with Gasteiger partial charge in [-0.3, -0.25) is 0 Å². The molecule has 0 saturated heterocycles. The second-order valence-corrected chi connectivity index (χ2v) is 4.23. The maximum absolute atomic E-state index is 5.36. The summed E-state index contributed by atoms with van der Waals surface area (Å²) in [6, 6.07) is 5.78. The van der Waals surface area contributed by atoms with Crippen molar-refractivity contribution in [1.29, 1.82) is 0 Å². The molecule has 2 rings (SSSR count).